The van der Waals surface area contributed by atoms with Crippen molar-refractivity contribution >= 4 is 17.5 Å². The average molecular weight is 252 g/mol. The summed E-state index contributed by atoms with van der Waals surface area (Å²) in [6.45, 7) is 2.00. The van der Waals surface area contributed by atoms with Crippen molar-refractivity contribution < 1.29 is 4.79 Å². The van der Waals surface area contributed by atoms with Crippen LogP contribution in [0.5, 0.6) is 0 Å². The lowest BCUT2D eigenvalue weighted by molar-refractivity contribution is -0.116. The number of nitrogens with one attached hydrogen (secondary N) is 1. The van der Waals surface area contributed by atoms with Crippen LogP contribution in [0.3, 0.4) is 0 Å². The Morgan fingerprint density at radius 1 is 1.59 bits per heavy atom. The highest BCUT2D eigenvalue weighted by Gasteiger charge is 2.23. The predicted molar refractivity (Wildman–Crippen MR) is 70.7 cm³/mol. The highest BCUT2D eigenvalue weighted by atomic mass is 35.5. The molecule has 1 aliphatic carbocycles. The highest BCUT2D eigenvalue weighted by Crippen LogP contribution is 2.27. The van der Waals surface area contributed by atoms with E-state index in [0.29, 0.717) is 18.2 Å². The molecule has 0 saturated carbocycles. The molecule has 0 spiro atoms. The molecule has 0 radical (unpaired) electrons. The van der Waals surface area contributed by atoms with Gasteiger partial charge in [0.05, 0.1) is 0 Å². The van der Waals surface area contributed by atoms with Gasteiger partial charge in [-0.2, -0.15) is 0 Å². The third-order valence-electron chi connectivity index (χ3n) is 3.40. The van der Waals surface area contributed by atoms with E-state index >= 15 is 0 Å². The number of hydrogen-bond donors (Lipinski definition) is 1. The van der Waals surface area contributed by atoms with Crippen molar-refractivity contribution in [2.24, 2.45) is 5.92 Å². The largest absolute Gasteiger partial charge is 0.322 e. The van der Waals surface area contributed by atoms with Gasteiger partial charge in [-0.3, -0.25) is 4.79 Å². The van der Waals surface area contributed by atoms with Crippen molar-refractivity contribution in [1.82, 2.24) is 5.32 Å². The van der Waals surface area contributed by atoms with E-state index in [9.17, 15) is 4.79 Å². The first-order valence-corrected chi connectivity index (χ1v) is 6.71. The molecule has 1 amide bonds. The molecule has 1 unspecified atom stereocenters. The smallest absolute Gasteiger partial charge is 0.251 e. The van der Waals surface area contributed by atoms with Gasteiger partial charge in [0.15, 0.2) is 0 Å². The van der Waals surface area contributed by atoms with Gasteiger partial charge in [0, 0.05) is 17.2 Å². The van der Waals surface area contributed by atoms with Crippen LogP contribution in [0.15, 0.2) is 35.1 Å². The SMILES string of the molecule is CC1=C(CCCl)C(=O)NC1=CC1C=CCCC1. The number of carbonyl (C=O) groups is 1. The molecule has 1 N–H and O–H groups in total. The molecule has 2 rings (SSSR count). The third-order valence-corrected chi connectivity index (χ3v) is 3.58. The van der Waals surface area contributed by atoms with Gasteiger partial charge in [-0.15, -0.1) is 11.6 Å². The van der Waals surface area contributed by atoms with Crippen LogP contribution < -0.4 is 5.32 Å². The van der Waals surface area contributed by atoms with E-state index in [-0.39, 0.29) is 5.91 Å². The molecule has 1 aliphatic heterocycles. The van der Waals surface area contributed by atoms with E-state index in [1.54, 1.807) is 0 Å². The van der Waals surface area contributed by atoms with Crippen LogP contribution in [-0.2, 0) is 4.79 Å². The summed E-state index contributed by atoms with van der Waals surface area (Å²) in [6.07, 6.45) is 10.9. The standard InChI is InChI=1S/C14H18ClNO/c1-10-12(7-8-15)14(17)16-13(10)9-11-5-3-2-4-6-11/h3,5,9,11H,2,4,6-8H2,1H3,(H,16,17). The molecule has 1 heterocycles. The summed E-state index contributed by atoms with van der Waals surface area (Å²) in [4.78, 5) is 11.7. The van der Waals surface area contributed by atoms with Gasteiger partial charge < -0.3 is 5.32 Å². The maximum Gasteiger partial charge on any atom is 0.251 e. The van der Waals surface area contributed by atoms with Crippen LogP contribution in [-0.4, -0.2) is 11.8 Å². The van der Waals surface area contributed by atoms with Gasteiger partial charge >= 0.3 is 0 Å². The normalized spacial score (nSPS) is 26.8. The van der Waals surface area contributed by atoms with Crippen LogP contribution >= 0.6 is 11.6 Å². The van der Waals surface area contributed by atoms with Gasteiger partial charge in [0.2, 0.25) is 0 Å². The topological polar surface area (TPSA) is 29.1 Å². The maximum absolute atomic E-state index is 11.7. The van der Waals surface area contributed by atoms with E-state index in [2.05, 4.69) is 23.5 Å². The fraction of sp³-hybridized carbons (Fsp3) is 0.500. The van der Waals surface area contributed by atoms with E-state index in [4.69, 9.17) is 11.6 Å². The second kappa shape index (κ2) is 5.54. The lowest BCUT2D eigenvalue weighted by atomic mass is 9.94. The lowest BCUT2D eigenvalue weighted by Crippen LogP contribution is -2.17. The molecule has 0 saturated heterocycles. The number of hydrogen-bond acceptors (Lipinski definition) is 1. The fourth-order valence-electron chi connectivity index (χ4n) is 2.38. The zero-order chi connectivity index (χ0) is 12.3. The molecule has 0 fully saturated rings. The Balaban J connectivity index is 2.17. The van der Waals surface area contributed by atoms with Crippen molar-refractivity contribution in [3.05, 3.63) is 35.1 Å². The Morgan fingerprint density at radius 3 is 3.06 bits per heavy atom. The van der Waals surface area contributed by atoms with Crippen molar-refractivity contribution in [1.29, 1.82) is 0 Å². The monoisotopic (exact) mass is 251 g/mol. The zero-order valence-electron chi connectivity index (χ0n) is 10.1. The van der Waals surface area contributed by atoms with E-state index in [0.717, 1.165) is 16.8 Å². The van der Waals surface area contributed by atoms with E-state index in [1.807, 2.05) is 6.92 Å². The minimum atomic E-state index is 0.0224. The molecule has 0 bridgehead atoms. The fourth-order valence-corrected chi connectivity index (χ4v) is 2.57. The van der Waals surface area contributed by atoms with E-state index in [1.165, 1.54) is 19.3 Å². The van der Waals surface area contributed by atoms with Crippen molar-refractivity contribution in [3.8, 4) is 0 Å². The third kappa shape index (κ3) is 2.81. The summed E-state index contributed by atoms with van der Waals surface area (Å²) < 4.78 is 0. The maximum atomic E-state index is 11.7. The zero-order valence-corrected chi connectivity index (χ0v) is 10.9. The number of alkyl halides is 1. The molecular weight excluding hydrogens is 234 g/mol. The molecule has 2 aliphatic rings. The average Bonchev–Trinajstić information content (AvgIpc) is 2.59. The van der Waals surface area contributed by atoms with Crippen LogP contribution in [0, 0.1) is 5.92 Å². The predicted octanol–water partition coefficient (Wildman–Crippen LogP) is 3.30. The Kier molecular flexibility index (Phi) is 4.06. The Bertz CT molecular complexity index is 406. The van der Waals surface area contributed by atoms with Crippen molar-refractivity contribution in [2.75, 3.05) is 5.88 Å². The first kappa shape index (κ1) is 12.4. The lowest BCUT2D eigenvalue weighted by Gasteiger charge is -2.13. The van der Waals surface area contributed by atoms with Gasteiger partial charge in [0.1, 0.15) is 0 Å². The van der Waals surface area contributed by atoms with Crippen LogP contribution in [0.2, 0.25) is 0 Å². The molecule has 92 valence electrons. The quantitative estimate of drug-likeness (QED) is 0.605. The van der Waals surface area contributed by atoms with Crippen LogP contribution in [0.25, 0.3) is 0 Å². The Hall–Kier alpha value is -1.02. The number of rotatable bonds is 3. The Labute approximate surface area is 107 Å². The van der Waals surface area contributed by atoms with Gasteiger partial charge in [-0.1, -0.05) is 18.2 Å². The first-order chi connectivity index (χ1) is 8.22. The van der Waals surface area contributed by atoms with Crippen LogP contribution in [0.1, 0.15) is 32.6 Å². The number of amides is 1. The number of allylic oxidation sites excluding steroid dienone is 4. The second-order valence-electron chi connectivity index (χ2n) is 4.60. The molecule has 0 aromatic heterocycles. The van der Waals surface area contributed by atoms with Gasteiger partial charge in [-0.05, 0) is 44.1 Å². The molecule has 2 nitrogen and oxygen atoms in total. The summed E-state index contributed by atoms with van der Waals surface area (Å²) in [5, 5.41) is 2.94. The molecule has 1 atom stereocenters. The Morgan fingerprint density at radius 2 is 2.41 bits per heavy atom. The summed E-state index contributed by atoms with van der Waals surface area (Å²) in [5.74, 6) is 0.981. The first-order valence-electron chi connectivity index (χ1n) is 6.18. The summed E-state index contributed by atoms with van der Waals surface area (Å²) in [7, 11) is 0. The van der Waals surface area contributed by atoms with Gasteiger partial charge in [-0.25, -0.2) is 0 Å². The van der Waals surface area contributed by atoms with E-state index < -0.39 is 0 Å². The minimum absolute atomic E-state index is 0.0224. The van der Waals surface area contributed by atoms with Crippen molar-refractivity contribution in [3.63, 3.8) is 0 Å². The minimum Gasteiger partial charge on any atom is -0.322 e. The molecule has 3 heteroatoms. The summed E-state index contributed by atoms with van der Waals surface area (Å²) in [5.41, 5.74) is 2.88. The molecule has 0 aromatic carbocycles. The van der Waals surface area contributed by atoms with Crippen LogP contribution in [0.4, 0.5) is 0 Å². The van der Waals surface area contributed by atoms with Gasteiger partial charge in [0.25, 0.3) is 5.91 Å². The highest BCUT2D eigenvalue weighted by molar-refractivity contribution is 6.18. The molecule has 17 heavy (non-hydrogen) atoms. The molecular formula is C14H18ClNO. The summed E-state index contributed by atoms with van der Waals surface area (Å²) in [6, 6.07) is 0. The second-order valence-corrected chi connectivity index (χ2v) is 4.98. The summed E-state index contributed by atoms with van der Waals surface area (Å²) >= 11 is 5.71. The molecule has 0 aromatic rings. The van der Waals surface area contributed by atoms with Crippen molar-refractivity contribution in [2.45, 2.75) is 32.6 Å². The number of halogens is 1. The number of carbonyl (C=O) groups excluding carboxylic acids is 1.